The Balaban J connectivity index is 1.66. The number of benzene rings is 2. The minimum Gasteiger partial charge on any atom is -0.403 e. The van der Waals surface area contributed by atoms with E-state index >= 15 is 0 Å². The van der Waals surface area contributed by atoms with Crippen molar-refractivity contribution in [2.24, 2.45) is 0 Å². The Labute approximate surface area is 164 Å². The number of rotatable bonds is 3. The zero-order valence-electron chi connectivity index (χ0n) is 15.8. The smallest absolute Gasteiger partial charge is 0.403 e. The Hall–Kier alpha value is -1.30. The zero-order chi connectivity index (χ0) is 18.5. The van der Waals surface area contributed by atoms with Crippen LogP contribution in [0.1, 0.15) is 50.8 Å². The molecule has 0 saturated carbocycles. The minimum absolute atomic E-state index is 0.196. The SMILES string of the molecule is CC1(C)OB(C[C@@H]2c3ccccc3N[C@@H]2c2ccccc2Br)OC1(C)C. The predicted octanol–water partition coefficient (Wildman–Crippen LogP) is 5.79. The van der Waals surface area contributed by atoms with Crippen LogP contribution in [0.25, 0.3) is 0 Å². The zero-order valence-corrected chi connectivity index (χ0v) is 17.3. The quantitative estimate of drug-likeness (QED) is 0.645. The summed E-state index contributed by atoms with van der Waals surface area (Å²) in [7, 11) is -0.206. The van der Waals surface area contributed by atoms with Gasteiger partial charge in [0.25, 0.3) is 0 Å². The molecule has 3 nitrogen and oxygen atoms in total. The molecule has 0 amide bonds. The molecule has 0 aromatic heterocycles. The first-order valence-electron chi connectivity index (χ1n) is 9.24. The van der Waals surface area contributed by atoms with Crippen LogP contribution in [-0.4, -0.2) is 18.3 Å². The molecular formula is C21H25BBrNO2. The number of fused-ring (bicyclic) bond motifs is 1. The van der Waals surface area contributed by atoms with E-state index < -0.39 is 0 Å². The maximum Gasteiger partial charge on any atom is 0.458 e. The molecular weight excluding hydrogens is 389 g/mol. The molecule has 4 rings (SSSR count). The van der Waals surface area contributed by atoms with Gasteiger partial charge in [-0.25, -0.2) is 0 Å². The van der Waals surface area contributed by atoms with Gasteiger partial charge >= 0.3 is 7.12 Å². The van der Waals surface area contributed by atoms with Crippen molar-refractivity contribution in [3.05, 3.63) is 64.1 Å². The highest BCUT2D eigenvalue weighted by Crippen LogP contribution is 2.50. The van der Waals surface area contributed by atoms with Gasteiger partial charge in [0.2, 0.25) is 0 Å². The van der Waals surface area contributed by atoms with E-state index in [2.05, 4.69) is 97.5 Å². The summed E-state index contributed by atoms with van der Waals surface area (Å²) in [6, 6.07) is 17.2. The average Bonchev–Trinajstić information content (AvgIpc) is 3.02. The third-order valence-corrected chi connectivity index (χ3v) is 6.78. The Kier molecular flexibility index (Phi) is 4.45. The van der Waals surface area contributed by atoms with E-state index in [0.717, 1.165) is 10.8 Å². The number of anilines is 1. The lowest BCUT2D eigenvalue weighted by atomic mass is 9.72. The molecule has 2 atom stereocenters. The van der Waals surface area contributed by atoms with Gasteiger partial charge in [-0.3, -0.25) is 0 Å². The van der Waals surface area contributed by atoms with Crippen LogP contribution in [0.4, 0.5) is 5.69 Å². The standard InChI is InChI=1S/C21H25BBrNO2/c1-20(2)21(3,4)26-22(25-20)13-16-14-9-6-8-12-18(14)24-19(16)15-10-5-7-11-17(15)23/h5-12,16,19,24H,13H2,1-4H3/t16-,19-/m1/s1. The molecule has 1 N–H and O–H groups in total. The van der Waals surface area contributed by atoms with Crippen LogP contribution in [0.5, 0.6) is 0 Å². The van der Waals surface area contributed by atoms with Crippen LogP contribution >= 0.6 is 15.9 Å². The van der Waals surface area contributed by atoms with Gasteiger partial charge in [0, 0.05) is 16.1 Å². The second kappa shape index (κ2) is 6.40. The molecule has 0 radical (unpaired) electrons. The monoisotopic (exact) mass is 413 g/mol. The first-order valence-corrected chi connectivity index (χ1v) is 10.0. The van der Waals surface area contributed by atoms with E-state index in [1.807, 2.05) is 0 Å². The highest BCUT2D eigenvalue weighted by molar-refractivity contribution is 9.10. The Morgan fingerprint density at radius 1 is 0.923 bits per heavy atom. The molecule has 0 unspecified atom stereocenters. The molecule has 1 fully saturated rings. The molecule has 0 bridgehead atoms. The molecule has 0 aliphatic carbocycles. The topological polar surface area (TPSA) is 30.5 Å². The molecule has 2 aliphatic heterocycles. The molecule has 5 heteroatoms. The number of hydrogen-bond donors (Lipinski definition) is 1. The van der Waals surface area contributed by atoms with Crippen molar-refractivity contribution in [1.29, 1.82) is 0 Å². The van der Waals surface area contributed by atoms with Crippen molar-refractivity contribution in [2.75, 3.05) is 5.32 Å². The summed E-state index contributed by atoms with van der Waals surface area (Å²) >= 11 is 3.72. The summed E-state index contributed by atoms with van der Waals surface area (Å²) in [5, 5.41) is 3.72. The van der Waals surface area contributed by atoms with Gasteiger partial charge in [-0.1, -0.05) is 52.3 Å². The molecule has 1 saturated heterocycles. The van der Waals surface area contributed by atoms with Crippen LogP contribution in [0, 0.1) is 0 Å². The average molecular weight is 414 g/mol. The van der Waals surface area contributed by atoms with Crippen LogP contribution in [0.3, 0.4) is 0 Å². The molecule has 136 valence electrons. The highest BCUT2D eigenvalue weighted by Gasteiger charge is 2.52. The number of nitrogens with one attached hydrogen (secondary N) is 1. The van der Waals surface area contributed by atoms with Crippen molar-refractivity contribution in [1.82, 2.24) is 0 Å². The van der Waals surface area contributed by atoms with E-state index in [1.165, 1.54) is 16.8 Å². The van der Waals surface area contributed by atoms with Gasteiger partial charge in [0.1, 0.15) is 0 Å². The maximum atomic E-state index is 6.29. The van der Waals surface area contributed by atoms with Crippen LogP contribution in [-0.2, 0) is 9.31 Å². The lowest BCUT2D eigenvalue weighted by molar-refractivity contribution is 0.00578. The van der Waals surface area contributed by atoms with Crippen LogP contribution in [0.2, 0.25) is 6.32 Å². The number of para-hydroxylation sites is 1. The van der Waals surface area contributed by atoms with Gasteiger partial charge in [0.15, 0.2) is 0 Å². The van der Waals surface area contributed by atoms with E-state index in [9.17, 15) is 0 Å². The Morgan fingerprint density at radius 3 is 2.15 bits per heavy atom. The predicted molar refractivity (Wildman–Crippen MR) is 111 cm³/mol. The molecule has 2 heterocycles. The molecule has 26 heavy (non-hydrogen) atoms. The number of hydrogen-bond acceptors (Lipinski definition) is 3. The van der Waals surface area contributed by atoms with Gasteiger partial charge in [0.05, 0.1) is 17.2 Å². The maximum absolute atomic E-state index is 6.29. The van der Waals surface area contributed by atoms with Crippen molar-refractivity contribution in [2.45, 2.75) is 57.2 Å². The van der Waals surface area contributed by atoms with Crippen LogP contribution < -0.4 is 5.32 Å². The fraction of sp³-hybridized carbons (Fsp3) is 0.429. The molecule has 2 aromatic carbocycles. The number of halogens is 1. The Bertz CT molecular complexity index is 807. The summed E-state index contributed by atoms with van der Waals surface area (Å²) in [6.45, 7) is 8.44. The van der Waals surface area contributed by atoms with Crippen LogP contribution in [0.15, 0.2) is 53.0 Å². The van der Waals surface area contributed by atoms with Gasteiger partial charge < -0.3 is 14.6 Å². The fourth-order valence-electron chi connectivity index (χ4n) is 3.95. The minimum atomic E-state index is -0.300. The van der Waals surface area contributed by atoms with Gasteiger partial charge in [-0.2, -0.15) is 0 Å². The third-order valence-electron chi connectivity index (χ3n) is 6.06. The van der Waals surface area contributed by atoms with E-state index in [-0.39, 0.29) is 24.4 Å². The Morgan fingerprint density at radius 2 is 1.50 bits per heavy atom. The van der Waals surface area contributed by atoms with Crippen molar-refractivity contribution in [3.8, 4) is 0 Å². The summed E-state index contributed by atoms with van der Waals surface area (Å²) in [6.07, 6.45) is 0.822. The van der Waals surface area contributed by atoms with E-state index in [1.54, 1.807) is 0 Å². The largest absolute Gasteiger partial charge is 0.458 e. The van der Waals surface area contributed by atoms with Crippen molar-refractivity contribution in [3.63, 3.8) is 0 Å². The normalized spacial score (nSPS) is 25.8. The molecule has 2 aliphatic rings. The first-order chi connectivity index (χ1) is 12.3. The van der Waals surface area contributed by atoms with Gasteiger partial charge in [-0.15, -0.1) is 0 Å². The van der Waals surface area contributed by atoms with Crippen molar-refractivity contribution < 1.29 is 9.31 Å². The van der Waals surface area contributed by atoms with E-state index in [0.29, 0.717) is 5.92 Å². The summed E-state index contributed by atoms with van der Waals surface area (Å²) in [5.74, 6) is 0.291. The van der Waals surface area contributed by atoms with Gasteiger partial charge in [-0.05, 0) is 57.3 Å². The molecule has 0 spiro atoms. The summed E-state index contributed by atoms with van der Waals surface area (Å²) in [4.78, 5) is 0. The second-order valence-electron chi connectivity index (χ2n) is 8.26. The summed E-state index contributed by atoms with van der Waals surface area (Å²) < 4.78 is 13.7. The second-order valence-corrected chi connectivity index (χ2v) is 9.11. The summed E-state index contributed by atoms with van der Waals surface area (Å²) in [5.41, 5.74) is 3.21. The lowest BCUT2D eigenvalue weighted by Crippen LogP contribution is -2.41. The lowest BCUT2D eigenvalue weighted by Gasteiger charge is -2.32. The molecule has 2 aromatic rings. The van der Waals surface area contributed by atoms with E-state index in [4.69, 9.17) is 9.31 Å². The highest BCUT2D eigenvalue weighted by atomic mass is 79.9. The van der Waals surface area contributed by atoms with Crippen molar-refractivity contribution >= 4 is 28.7 Å². The third kappa shape index (κ3) is 3.00. The first kappa shape index (κ1) is 18.1. The fourth-order valence-corrected chi connectivity index (χ4v) is 4.48.